The van der Waals surface area contributed by atoms with E-state index in [1.54, 1.807) is 18.2 Å². The summed E-state index contributed by atoms with van der Waals surface area (Å²) in [5, 5.41) is 14.7. The molecule has 2 aromatic heterocycles. The molecule has 1 amide bonds. The summed E-state index contributed by atoms with van der Waals surface area (Å²) in [4.78, 5) is 12.7. The summed E-state index contributed by atoms with van der Waals surface area (Å²) in [5.74, 6) is -0.125. The molecule has 7 nitrogen and oxygen atoms in total. The first-order valence-electron chi connectivity index (χ1n) is 6.90. The van der Waals surface area contributed by atoms with E-state index >= 15 is 0 Å². The fourth-order valence-electron chi connectivity index (χ4n) is 1.95. The van der Waals surface area contributed by atoms with Gasteiger partial charge in [0.1, 0.15) is 4.88 Å². The second-order valence-electron chi connectivity index (χ2n) is 4.65. The van der Waals surface area contributed by atoms with Crippen molar-refractivity contribution in [1.29, 1.82) is 0 Å². The molecular formula is C14H12ClN5O2S. The second kappa shape index (κ2) is 6.84. The molecule has 0 aliphatic carbocycles. The molecule has 0 spiro atoms. The molecule has 0 aliphatic heterocycles. The Morgan fingerprint density at radius 1 is 1.30 bits per heavy atom. The van der Waals surface area contributed by atoms with Gasteiger partial charge in [-0.15, -0.1) is 10.2 Å². The molecular weight excluding hydrogens is 338 g/mol. The number of carbonyl (C=O) groups excluding carboxylic acids is 1. The molecule has 3 rings (SSSR count). The Balaban J connectivity index is 1.78. The first kappa shape index (κ1) is 15.6. The molecule has 0 atom stereocenters. The highest BCUT2D eigenvalue weighted by Gasteiger charge is 2.19. The molecule has 0 unspecified atom stereocenters. The maximum absolute atomic E-state index is 12.2. The fraction of sp³-hybridized carbons (Fsp3) is 0.214. The highest BCUT2D eigenvalue weighted by atomic mass is 35.5. The van der Waals surface area contributed by atoms with Crippen LogP contribution in [0.3, 0.4) is 0 Å². The van der Waals surface area contributed by atoms with E-state index in [9.17, 15) is 4.79 Å². The van der Waals surface area contributed by atoms with Crippen LogP contribution in [-0.2, 0) is 6.42 Å². The predicted molar refractivity (Wildman–Crippen MR) is 86.6 cm³/mol. The van der Waals surface area contributed by atoms with E-state index in [0.29, 0.717) is 27.6 Å². The molecule has 3 aromatic rings. The van der Waals surface area contributed by atoms with Crippen LogP contribution in [0.2, 0.25) is 5.02 Å². The van der Waals surface area contributed by atoms with Gasteiger partial charge in [0.05, 0.1) is 16.3 Å². The van der Waals surface area contributed by atoms with Crippen LogP contribution in [0.4, 0.5) is 6.01 Å². The quantitative estimate of drug-likeness (QED) is 0.758. The number of aryl methyl sites for hydroxylation is 1. The van der Waals surface area contributed by atoms with Crippen molar-refractivity contribution < 1.29 is 9.21 Å². The Bertz CT molecular complexity index is 832. The van der Waals surface area contributed by atoms with Crippen LogP contribution in [0.25, 0.3) is 11.5 Å². The zero-order valence-electron chi connectivity index (χ0n) is 12.1. The Kier molecular flexibility index (Phi) is 4.63. The van der Waals surface area contributed by atoms with Gasteiger partial charge in [-0.2, -0.15) is 0 Å². The summed E-state index contributed by atoms with van der Waals surface area (Å²) in [6, 6.07) is 7.09. The van der Waals surface area contributed by atoms with Crippen molar-refractivity contribution in [2.45, 2.75) is 19.8 Å². The third-order valence-electron chi connectivity index (χ3n) is 3.00. The van der Waals surface area contributed by atoms with Crippen molar-refractivity contribution in [3.63, 3.8) is 0 Å². The molecule has 1 N–H and O–H groups in total. The topological polar surface area (TPSA) is 93.8 Å². The number of aromatic nitrogens is 4. The molecule has 0 radical (unpaired) electrons. The van der Waals surface area contributed by atoms with Crippen LogP contribution < -0.4 is 5.32 Å². The smallest absolute Gasteiger partial charge is 0.322 e. The molecule has 9 heteroatoms. The third-order valence-corrected chi connectivity index (χ3v) is 4.09. The Hall–Kier alpha value is -2.32. The number of benzene rings is 1. The van der Waals surface area contributed by atoms with E-state index in [2.05, 4.69) is 25.1 Å². The molecule has 0 aliphatic rings. The van der Waals surface area contributed by atoms with Gasteiger partial charge in [0.2, 0.25) is 0 Å². The maximum atomic E-state index is 12.2. The largest absolute Gasteiger partial charge is 0.403 e. The van der Waals surface area contributed by atoms with Crippen LogP contribution in [0, 0.1) is 0 Å². The first-order valence-corrected chi connectivity index (χ1v) is 8.05. The maximum Gasteiger partial charge on any atom is 0.322 e. The van der Waals surface area contributed by atoms with Crippen LogP contribution in [0.15, 0.2) is 28.7 Å². The zero-order chi connectivity index (χ0) is 16.2. The van der Waals surface area contributed by atoms with Crippen molar-refractivity contribution in [2.75, 3.05) is 5.32 Å². The fourth-order valence-corrected chi connectivity index (χ4v) is 2.77. The summed E-state index contributed by atoms with van der Waals surface area (Å²) in [7, 11) is 0. The van der Waals surface area contributed by atoms with Crippen LogP contribution in [0.5, 0.6) is 0 Å². The van der Waals surface area contributed by atoms with E-state index in [-0.39, 0.29) is 17.8 Å². The highest BCUT2D eigenvalue weighted by Crippen LogP contribution is 2.27. The van der Waals surface area contributed by atoms with Gasteiger partial charge in [-0.1, -0.05) is 46.7 Å². The number of anilines is 1. The van der Waals surface area contributed by atoms with Gasteiger partial charge in [-0.25, -0.2) is 0 Å². The van der Waals surface area contributed by atoms with Gasteiger partial charge in [0, 0.05) is 0 Å². The van der Waals surface area contributed by atoms with Crippen molar-refractivity contribution in [2.24, 2.45) is 0 Å². The average Bonchev–Trinajstić information content (AvgIpc) is 3.17. The van der Waals surface area contributed by atoms with Crippen LogP contribution >= 0.6 is 23.1 Å². The van der Waals surface area contributed by atoms with Gasteiger partial charge in [0.15, 0.2) is 0 Å². The Morgan fingerprint density at radius 3 is 2.91 bits per heavy atom. The van der Waals surface area contributed by atoms with E-state index in [4.69, 9.17) is 16.0 Å². The molecule has 23 heavy (non-hydrogen) atoms. The van der Waals surface area contributed by atoms with E-state index in [1.165, 1.54) is 0 Å². The standard InChI is InChI=1S/C14H12ClN5O2S/c1-2-5-10-11(23-20-17-10)12(21)16-14-19-18-13(22-14)8-6-3-4-7-9(8)15/h3-4,6-7H,2,5H2,1H3,(H,16,19,21). The van der Waals surface area contributed by atoms with E-state index < -0.39 is 0 Å². The lowest BCUT2D eigenvalue weighted by Crippen LogP contribution is -2.12. The minimum absolute atomic E-state index is 0.000711. The minimum Gasteiger partial charge on any atom is -0.403 e. The van der Waals surface area contributed by atoms with Gasteiger partial charge >= 0.3 is 6.01 Å². The number of hydrogen-bond acceptors (Lipinski definition) is 7. The predicted octanol–water partition coefficient (Wildman–Crippen LogP) is 3.45. The lowest BCUT2D eigenvalue weighted by atomic mass is 10.2. The van der Waals surface area contributed by atoms with Crippen LogP contribution in [0.1, 0.15) is 28.7 Å². The van der Waals surface area contributed by atoms with Crippen molar-refractivity contribution >= 4 is 35.1 Å². The molecule has 118 valence electrons. The molecule has 1 aromatic carbocycles. The lowest BCUT2D eigenvalue weighted by Gasteiger charge is -1.99. The summed E-state index contributed by atoms with van der Waals surface area (Å²) >= 11 is 7.12. The number of rotatable bonds is 5. The van der Waals surface area contributed by atoms with Gasteiger partial charge in [0.25, 0.3) is 11.8 Å². The van der Waals surface area contributed by atoms with Gasteiger partial charge in [-0.05, 0) is 30.1 Å². The highest BCUT2D eigenvalue weighted by molar-refractivity contribution is 7.08. The normalized spacial score (nSPS) is 10.7. The summed E-state index contributed by atoms with van der Waals surface area (Å²) in [5.41, 5.74) is 1.27. The first-order chi connectivity index (χ1) is 11.2. The van der Waals surface area contributed by atoms with E-state index in [1.807, 2.05) is 13.0 Å². The number of hydrogen-bond donors (Lipinski definition) is 1. The molecule has 2 heterocycles. The molecule has 0 saturated heterocycles. The number of nitrogens with zero attached hydrogens (tertiary/aromatic N) is 4. The number of amides is 1. The lowest BCUT2D eigenvalue weighted by molar-refractivity contribution is 0.102. The molecule has 0 bridgehead atoms. The summed E-state index contributed by atoms with van der Waals surface area (Å²) in [6.07, 6.45) is 1.57. The molecule has 0 fully saturated rings. The summed E-state index contributed by atoms with van der Waals surface area (Å²) < 4.78 is 9.26. The van der Waals surface area contributed by atoms with Gasteiger partial charge in [-0.3, -0.25) is 10.1 Å². The minimum atomic E-state index is -0.363. The second-order valence-corrected chi connectivity index (χ2v) is 5.81. The summed E-state index contributed by atoms with van der Waals surface area (Å²) in [6.45, 7) is 2.01. The molecule has 0 saturated carbocycles. The SMILES string of the molecule is CCCc1nnsc1C(=O)Nc1nnc(-c2ccccc2Cl)o1. The van der Waals surface area contributed by atoms with Crippen LogP contribution in [-0.4, -0.2) is 25.7 Å². The van der Waals surface area contributed by atoms with Crippen molar-refractivity contribution in [3.8, 4) is 11.5 Å². The number of halogens is 1. The Labute approximate surface area is 140 Å². The van der Waals surface area contributed by atoms with Crippen molar-refractivity contribution in [1.82, 2.24) is 19.8 Å². The third kappa shape index (κ3) is 3.38. The Morgan fingerprint density at radius 2 is 2.13 bits per heavy atom. The number of nitrogens with one attached hydrogen (secondary N) is 1. The number of carbonyl (C=O) groups is 1. The van der Waals surface area contributed by atoms with Crippen molar-refractivity contribution in [3.05, 3.63) is 39.9 Å². The monoisotopic (exact) mass is 349 g/mol. The van der Waals surface area contributed by atoms with Gasteiger partial charge < -0.3 is 4.42 Å². The van der Waals surface area contributed by atoms with E-state index in [0.717, 1.165) is 18.0 Å². The average molecular weight is 350 g/mol. The zero-order valence-corrected chi connectivity index (χ0v) is 13.7.